The summed E-state index contributed by atoms with van der Waals surface area (Å²) in [7, 11) is 1.68. The van der Waals surface area contributed by atoms with Crippen molar-refractivity contribution >= 4 is 5.57 Å². The zero-order valence-electron chi connectivity index (χ0n) is 26.5. The number of halogens is 1. The number of methoxy groups -OCH3 is 1. The molecule has 3 rings (SSSR count). The summed E-state index contributed by atoms with van der Waals surface area (Å²) in [6, 6.07) is 24.5. The van der Waals surface area contributed by atoms with Crippen molar-refractivity contribution in [1.82, 2.24) is 0 Å². The van der Waals surface area contributed by atoms with Gasteiger partial charge in [-0.2, -0.15) is 0 Å². The van der Waals surface area contributed by atoms with Crippen molar-refractivity contribution in [1.29, 1.82) is 0 Å². The van der Waals surface area contributed by atoms with E-state index in [4.69, 9.17) is 0 Å². The van der Waals surface area contributed by atoms with Crippen molar-refractivity contribution in [2.75, 3.05) is 13.7 Å². The molecule has 0 saturated carbocycles. The molecule has 0 aromatic heterocycles. The first kappa shape index (κ1) is 34.7. The molecule has 0 N–H and O–H groups in total. The third-order valence-electron chi connectivity index (χ3n) is 7.76. The zero-order valence-corrected chi connectivity index (χ0v) is 26.5. The highest BCUT2D eigenvalue weighted by Crippen LogP contribution is 2.42. The molecule has 0 saturated heterocycles. The van der Waals surface area contributed by atoms with E-state index in [1.165, 1.54) is 23.6 Å². The number of allylic oxidation sites excluding steroid dienone is 6. The first-order chi connectivity index (χ1) is 20.3. The van der Waals surface area contributed by atoms with Gasteiger partial charge < -0.3 is 4.74 Å². The Hall–Kier alpha value is -3.49. The van der Waals surface area contributed by atoms with Crippen LogP contribution in [0.1, 0.15) is 82.4 Å². The van der Waals surface area contributed by atoms with Crippen LogP contribution in [-0.4, -0.2) is 13.7 Å². The van der Waals surface area contributed by atoms with E-state index in [1.807, 2.05) is 37.3 Å². The Bertz CT molecular complexity index is 1280. The molecule has 1 atom stereocenters. The van der Waals surface area contributed by atoms with E-state index in [9.17, 15) is 4.39 Å². The lowest BCUT2D eigenvalue weighted by Crippen LogP contribution is -2.23. The highest BCUT2D eigenvalue weighted by molar-refractivity contribution is 5.73. The standard InChI is InChI=1S/C37H43F.C3H8O/c1-6-8-9-10-11-13-19-29(3)32-26-30(27-33(28-32)34-22-16-17-23-36(34)38)24-25-37(4,5)35(18-7-2)31-20-14-12-15-21-31;1-3-4-2/h6,8-12,14-17,20-23,26-28,35H,1,3,7,13,18-19,24-25H2,2,4-5H3;3H2,1-2H3/b9-8-,11-10+;. The fourth-order valence-corrected chi connectivity index (χ4v) is 5.23. The second kappa shape index (κ2) is 18.8. The van der Waals surface area contributed by atoms with Crippen LogP contribution in [0.15, 0.2) is 116 Å². The van der Waals surface area contributed by atoms with Gasteiger partial charge in [0.2, 0.25) is 0 Å². The zero-order chi connectivity index (χ0) is 30.8. The number of hydrogen-bond acceptors (Lipinski definition) is 1. The minimum atomic E-state index is -0.189. The van der Waals surface area contributed by atoms with Gasteiger partial charge in [-0.3, -0.25) is 0 Å². The summed E-state index contributed by atoms with van der Waals surface area (Å²) in [5.74, 6) is 0.311. The highest BCUT2D eigenvalue weighted by Gasteiger charge is 2.29. The molecule has 1 unspecified atom stereocenters. The van der Waals surface area contributed by atoms with Gasteiger partial charge in [-0.1, -0.05) is 131 Å². The monoisotopic (exact) mass is 566 g/mol. The average molecular weight is 567 g/mol. The quantitative estimate of drug-likeness (QED) is 0.166. The molecule has 3 aromatic carbocycles. The van der Waals surface area contributed by atoms with Gasteiger partial charge in [0.15, 0.2) is 0 Å². The van der Waals surface area contributed by atoms with E-state index in [1.54, 1.807) is 19.3 Å². The van der Waals surface area contributed by atoms with E-state index >= 15 is 0 Å². The lowest BCUT2D eigenvalue weighted by atomic mass is 9.69. The van der Waals surface area contributed by atoms with Gasteiger partial charge in [0, 0.05) is 19.3 Å². The van der Waals surface area contributed by atoms with Crippen molar-refractivity contribution < 1.29 is 9.13 Å². The smallest absolute Gasteiger partial charge is 0.131 e. The molecule has 0 spiro atoms. The number of benzene rings is 3. The molecular weight excluding hydrogens is 515 g/mol. The van der Waals surface area contributed by atoms with Crippen LogP contribution in [-0.2, 0) is 11.2 Å². The molecule has 0 aliphatic carbocycles. The molecule has 0 aliphatic heterocycles. The minimum absolute atomic E-state index is 0.131. The second-order valence-electron chi connectivity index (χ2n) is 11.4. The van der Waals surface area contributed by atoms with Crippen LogP contribution in [0.25, 0.3) is 16.7 Å². The molecule has 42 heavy (non-hydrogen) atoms. The third kappa shape index (κ3) is 11.4. The first-order valence-electron chi connectivity index (χ1n) is 15.3. The molecule has 0 heterocycles. The lowest BCUT2D eigenvalue weighted by Gasteiger charge is -2.35. The van der Waals surface area contributed by atoms with Crippen LogP contribution in [0.2, 0.25) is 0 Å². The maximum Gasteiger partial charge on any atom is 0.131 e. The van der Waals surface area contributed by atoms with E-state index in [-0.39, 0.29) is 11.2 Å². The molecule has 0 bridgehead atoms. The van der Waals surface area contributed by atoms with Gasteiger partial charge >= 0.3 is 0 Å². The van der Waals surface area contributed by atoms with Crippen LogP contribution >= 0.6 is 0 Å². The van der Waals surface area contributed by atoms with Crippen LogP contribution in [0.3, 0.4) is 0 Å². The molecule has 0 fully saturated rings. The van der Waals surface area contributed by atoms with Crippen LogP contribution < -0.4 is 0 Å². The van der Waals surface area contributed by atoms with Gasteiger partial charge in [-0.25, -0.2) is 4.39 Å². The fraction of sp³-hybridized carbons (Fsp3) is 0.350. The van der Waals surface area contributed by atoms with E-state index in [0.717, 1.165) is 55.4 Å². The summed E-state index contributed by atoms with van der Waals surface area (Å²) >= 11 is 0. The second-order valence-corrected chi connectivity index (χ2v) is 11.4. The molecule has 224 valence electrons. The Morgan fingerprint density at radius 2 is 1.64 bits per heavy atom. The molecule has 0 aliphatic rings. The first-order valence-corrected chi connectivity index (χ1v) is 15.3. The highest BCUT2D eigenvalue weighted by atomic mass is 19.1. The van der Waals surface area contributed by atoms with E-state index in [0.29, 0.717) is 11.5 Å². The summed E-state index contributed by atoms with van der Waals surface area (Å²) in [4.78, 5) is 0. The Kier molecular flexibility index (Phi) is 15.6. The number of ether oxygens (including phenoxy) is 1. The largest absolute Gasteiger partial charge is 0.385 e. The van der Waals surface area contributed by atoms with Crippen molar-refractivity contribution in [3.63, 3.8) is 0 Å². The Balaban J connectivity index is 0.00000144. The number of hydrogen-bond donors (Lipinski definition) is 0. The Morgan fingerprint density at radius 1 is 0.952 bits per heavy atom. The predicted octanol–water partition coefficient (Wildman–Crippen LogP) is 11.8. The molecular formula is C40H51FO. The van der Waals surface area contributed by atoms with E-state index < -0.39 is 0 Å². The lowest BCUT2D eigenvalue weighted by molar-refractivity contribution is 0.215. The summed E-state index contributed by atoms with van der Waals surface area (Å²) in [5.41, 5.74) is 6.53. The normalized spacial score (nSPS) is 12.2. The van der Waals surface area contributed by atoms with Crippen molar-refractivity contribution in [2.24, 2.45) is 5.41 Å². The molecule has 0 radical (unpaired) electrons. The minimum Gasteiger partial charge on any atom is -0.385 e. The van der Waals surface area contributed by atoms with E-state index in [2.05, 4.69) is 93.3 Å². The summed E-state index contributed by atoms with van der Waals surface area (Å²) < 4.78 is 19.3. The molecule has 2 heteroatoms. The Labute approximate surface area is 255 Å². The van der Waals surface area contributed by atoms with Gasteiger partial charge in [0.25, 0.3) is 0 Å². The van der Waals surface area contributed by atoms with Crippen LogP contribution in [0.4, 0.5) is 4.39 Å². The SMILES string of the molecule is C=C/C=C\C=C\CCC(=C)c1cc(CCC(C)(C)C(CCC)c2ccccc2)cc(-c2ccccc2F)c1.CCOC. The molecule has 0 amide bonds. The van der Waals surface area contributed by atoms with Crippen LogP contribution in [0.5, 0.6) is 0 Å². The van der Waals surface area contributed by atoms with Gasteiger partial charge in [0.1, 0.15) is 5.82 Å². The molecule has 1 nitrogen and oxygen atoms in total. The van der Waals surface area contributed by atoms with Gasteiger partial charge in [0.05, 0.1) is 0 Å². The summed E-state index contributed by atoms with van der Waals surface area (Å²) in [5, 5.41) is 0. The molecule has 3 aromatic rings. The summed E-state index contributed by atoms with van der Waals surface area (Å²) in [6.45, 7) is 17.9. The fourth-order valence-electron chi connectivity index (χ4n) is 5.23. The maximum absolute atomic E-state index is 14.8. The predicted molar refractivity (Wildman–Crippen MR) is 182 cm³/mol. The van der Waals surface area contributed by atoms with Gasteiger partial charge in [-0.05, 0) is 90.3 Å². The van der Waals surface area contributed by atoms with Crippen molar-refractivity contribution in [2.45, 2.75) is 72.1 Å². The number of aryl methyl sites for hydroxylation is 1. The maximum atomic E-state index is 14.8. The van der Waals surface area contributed by atoms with Crippen molar-refractivity contribution in [3.05, 3.63) is 139 Å². The number of rotatable bonds is 15. The Morgan fingerprint density at radius 3 is 2.29 bits per heavy atom. The summed E-state index contributed by atoms with van der Waals surface area (Å²) in [6.07, 6.45) is 15.9. The van der Waals surface area contributed by atoms with Gasteiger partial charge in [-0.15, -0.1) is 0 Å². The third-order valence-corrected chi connectivity index (χ3v) is 7.76. The topological polar surface area (TPSA) is 9.23 Å². The van der Waals surface area contributed by atoms with Crippen molar-refractivity contribution in [3.8, 4) is 11.1 Å². The van der Waals surface area contributed by atoms with Crippen LogP contribution in [0, 0.1) is 11.2 Å². The average Bonchev–Trinajstić information content (AvgIpc) is 3.01.